The molecule has 0 aliphatic carbocycles. The van der Waals surface area contributed by atoms with E-state index in [2.05, 4.69) is 4.98 Å². The van der Waals surface area contributed by atoms with Gasteiger partial charge in [-0.15, -0.1) is 0 Å². The van der Waals surface area contributed by atoms with Crippen LogP contribution in [-0.2, 0) is 6.61 Å². The van der Waals surface area contributed by atoms with Gasteiger partial charge < -0.3 is 10.2 Å². The number of aromatic nitrogens is 1. The zero-order chi connectivity index (χ0) is 11.6. The minimum absolute atomic E-state index is 0.506. The zero-order valence-electron chi connectivity index (χ0n) is 7.22. The molecule has 6 nitrogen and oxygen atoms in total. The minimum Gasteiger partial charge on any atom is -0.506 e. The largest absolute Gasteiger partial charge is 0.506 e. The van der Waals surface area contributed by atoms with E-state index in [1.54, 1.807) is 0 Å². The van der Waals surface area contributed by atoms with Gasteiger partial charge in [-0.25, -0.2) is 13.8 Å². The Morgan fingerprint density at radius 1 is 1.60 bits per heavy atom. The number of aliphatic hydroxyl groups is 1. The van der Waals surface area contributed by atoms with Crippen molar-refractivity contribution in [3.05, 3.63) is 27.6 Å². The van der Waals surface area contributed by atoms with Gasteiger partial charge in [-0.2, -0.15) is 0 Å². The molecular formula is C7H6F2N2O4. The van der Waals surface area contributed by atoms with Gasteiger partial charge in [-0.3, -0.25) is 10.1 Å². The quantitative estimate of drug-likeness (QED) is 0.587. The van der Waals surface area contributed by atoms with Crippen LogP contribution in [0.3, 0.4) is 0 Å². The van der Waals surface area contributed by atoms with Crippen molar-refractivity contribution in [2.75, 3.05) is 0 Å². The molecule has 1 aromatic heterocycles. The van der Waals surface area contributed by atoms with Gasteiger partial charge in [0.25, 0.3) is 12.1 Å². The molecule has 0 atom stereocenters. The Bertz CT molecular complexity index is 397. The van der Waals surface area contributed by atoms with E-state index in [4.69, 9.17) is 10.2 Å². The van der Waals surface area contributed by atoms with Crippen LogP contribution in [0.5, 0.6) is 5.75 Å². The average molecular weight is 220 g/mol. The summed E-state index contributed by atoms with van der Waals surface area (Å²) >= 11 is 0. The van der Waals surface area contributed by atoms with Crippen LogP contribution in [0.15, 0.2) is 6.07 Å². The Morgan fingerprint density at radius 2 is 2.20 bits per heavy atom. The monoisotopic (exact) mass is 220 g/mol. The molecule has 82 valence electrons. The van der Waals surface area contributed by atoms with Crippen molar-refractivity contribution < 1.29 is 23.9 Å². The first-order chi connectivity index (χ1) is 6.97. The highest BCUT2D eigenvalue weighted by molar-refractivity contribution is 5.44. The molecule has 0 radical (unpaired) electrons. The van der Waals surface area contributed by atoms with E-state index in [1.807, 2.05) is 0 Å². The molecule has 15 heavy (non-hydrogen) atoms. The fraction of sp³-hybridized carbons (Fsp3) is 0.286. The molecule has 0 amide bonds. The van der Waals surface area contributed by atoms with E-state index in [0.29, 0.717) is 6.07 Å². The summed E-state index contributed by atoms with van der Waals surface area (Å²) in [6, 6.07) is 0.542. The van der Waals surface area contributed by atoms with Gasteiger partial charge in [0.2, 0.25) is 0 Å². The second kappa shape index (κ2) is 4.13. The standard InChI is InChI=1S/C7H6F2N2O4/c8-7(9)6-5(13)1-4(11(14)15)3(2-12)10-6/h1,7,12-13H,2H2. The van der Waals surface area contributed by atoms with E-state index in [1.165, 1.54) is 0 Å². The number of aromatic hydroxyl groups is 1. The molecule has 0 spiro atoms. The topological polar surface area (TPSA) is 96.5 Å². The lowest BCUT2D eigenvalue weighted by Gasteiger charge is -2.05. The molecule has 0 aliphatic rings. The van der Waals surface area contributed by atoms with E-state index in [-0.39, 0.29) is 0 Å². The summed E-state index contributed by atoms with van der Waals surface area (Å²) in [6.45, 7) is -0.851. The van der Waals surface area contributed by atoms with Gasteiger partial charge in [0.15, 0.2) is 0 Å². The van der Waals surface area contributed by atoms with Crippen molar-refractivity contribution in [3.63, 3.8) is 0 Å². The van der Waals surface area contributed by atoms with Gasteiger partial charge in [0.1, 0.15) is 17.1 Å². The first-order valence-electron chi connectivity index (χ1n) is 3.73. The van der Waals surface area contributed by atoms with Crippen molar-refractivity contribution in [3.8, 4) is 5.75 Å². The van der Waals surface area contributed by atoms with Crippen molar-refractivity contribution >= 4 is 5.69 Å². The van der Waals surface area contributed by atoms with E-state index >= 15 is 0 Å². The number of halogens is 2. The third-order valence-corrected chi connectivity index (χ3v) is 1.64. The summed E-state index contributed by atoms with van der Waals surface area (Å²) in [6.07, 6.45) is -3.06. The number of rotatable bonds is 3. The van der Waals surface area contributed by atoms with Gasteiger partial charge in [-0.05, 0) is 0 Å². The van der Waals surface area contributed by atoms with Crippen LogP contribution < -0.4 is 0 Å². The molecule has 0 fully saturated rings. The molecule has 0 aromatic carbocycles. The summed E-state index contributed by atoms with van der Waals surface area (Å²) in [5.41, 5.74) is -2.18. The molecule has 0 saturated heterocycles. The maximum Gasteiger partial charge on any atom is 0.296 e. The van der Waals surface area contributed by atoms with Crippen molar-refractivity contribution in [2.24, 2.45) is 0 Å². The Balaban J connectivity index is 3.35. The predicted octanol–water partition coefficient (Wildman–Crippen LogP) is 1.13. The maximum absolute atomic E-state index is 12.2. The van der Waals surface area contributed by atoms with Crippen LogP contribution in [0.25, 0.3) is 0 Å². The summed E-state index contributed by atoms with van der Waals surface area (Å²) in [5, 5.41) is 28.0. The van der Waals surface area contributed by atoms with Gasteiger partial charge in [0, 0.05) is 0 Å². The van der Waals surface area contributed by atoms with E-state index < -0.39 is 40.8 Å². The van der Waals surface area contributed by atoms with Crippen LogP contribution in [0.2, 0.25) is 0 Å². The highest BCUT2D eigenvalue weighted by atomic mass is 19.3. The molecule has 0 aliphatic heterocycles. The average Bonchev–Trinajstić information content (AvgIpc) is 2.16. The first kappa shape index (κ1) is 11.2. The summed E-state index contributed by atoms with van der Waals surface area (Å²) in [7, 11) is 0. The zero-order valence-corrected chi connectivity index (χ0v) is 7.22. The number of nitro groups is 1. The second-order valence-corrected chi connectivity index (χ2v) is 2.57. The van der Waals surface area contributed by atoms with Gasteiger partial charge >= 0.3 is 0 Å². The third kappa shape index (κ3) is 2.15. The van der Waals surface area contributed by atoms with Crippen molar-refractivity contribution in [1.82, 2.24) is 4.98 Å². The smallest absolute Gasteiger partial charge is 0.296 e. The predicted molar refractivity (Wildman–Crippen MR) is 43.4 cm³/mol. The second-order valence-electron chi connectivity index (χ2n) is 2.57. The fourth-order valence-corrected chi connectivity index (χ4v) is 0.982. The summed E-state index contributed by atoms with van der Waals surface area (Å²) in [4.78, 5) is 12.6. The Hall–Kier alpha value is -1.83. The molecule has 8 heteroatoms. The van der Waals surface area contributed by atoms with Gasteiger partial charge in [0.05, 0.1) is 17.6 Å². The van der Waals surface area contributed by atoms with Crippen LogP contribution in [0.1, 0.15) is 17.8 Å². The normalized spacial score (nSPS) is 10.7. The van der Waals surface area contributed by atoms with Gasteiger partial charge in [-0.1, -0.05) is 0 Å². The number of aliphatic hydroxyl groups excluding tert-OH is 1. The van der Waals surface area contributed by atoms with E-state index in [9.17, 15) is 18.9 Å². The maximum atomic E-state index is 12.2. The number of alkyl halides is 2. The molecule has 0 bridgehead atoms. The SMILES string of the molecule is O=[N+]([O-])c1cc(O)c(C(F)F)nc1CO. The van der Waals surface area contributed by atoms with Crippen molar-refractivity contribution in [1.29, 1.82) is 0 Å². The molecule has 1 rings (SSSR count). The van der Waals surface area contributed by atoms with Crippen molar-refractivity contribution in [2.45, 2.75) is 13.0 Å². The number of hydrogen-bond acceptors (Lipinski definition) is 5. The minimum atomic E-state index is -3.06. The lowest BCUT2D eigenvalue weighted by atomic mass is 10.2. The highest BCUT2D eigenvalue weighted by Crippen LogP contribution is 2.31. The molecule has 0 unspecified atom stereocenters. The molecular weight excluding hydrogens is 214 g/mol. The molecule has 1 aromatic rings. The molecule has 2 N–H and O–H groups in total. The summed E-state index contributed by atoms with van der Waals surface area (Å²) in [5.74, 6) is -0.964. The Kier molecular flexibility index (Phi) is 3.10. The van der Waals surface area contributed by atoms with Crippen LogP contribution in [0, 0.1) is 10.1 Å². The third-order valence-electron chi connectivity index (χ3n) is 1.64. The Morgan fingerprint density at radius 3 is 2.60 bits per heavy atom. The lowest BCUT2D eigenvalue weighted by Crippen LogP contribution is -2.02. The van der Waals surface area contributed by atoms with Crippen LogP contribution >= 0.6 is 0 Å². The molecule has 1 heterocycles. The van der Waals surface area contributed by atoms with E-state index in [0.717, 1.165) is 0 Å². The fourth-order valence-electron chi connectivity index (χ4n) is 0.982. The number of pyridine rings is 1. The van der Waals surface area contributed by atoms with Crippen LogP contribution in [-0.4, -0.2) is 20.1 Å². The Labute approximate surface area is 82.0 Å². The highest BCUT2D eigenvalue weighted by Gasteiger charge is 2.23. The summed E-state index contributed by atoms with van der Waals surface area (Å²) < 4.78 is 24.4. The first-order valence-corrected chi connectivity index (χ1v) is 3.73. The number of nitrogens with zero attached hydrogens (tertiary/aromatic N) is 2. The number of hydrogen-bond donors (Lipinski definition) is 2. The lowest BCUT2D eigenvalue weighted by molar-refractivity contribution is -0.386. The molecule has 0 saturated carbocycles. The van der Waals surface area contributed by atoms with Crippen LogP contribution in [0.4, 0.5) is 14.5 Å².